The summed E-state index contributed by atoms with van der Waals surface area (Å²) < 4.78 is 26.8. The Kier molecular flexibility index (Phi) is 2.72. The first-order valence-electron chi connectivity index (χ1n) is 4.46. The highest BCUT2D eigenvalue weighted by Crippen LogP contribution is 2.21. The molecule has 0 unspecified atom stereocenters. The predicted molar refractivity (Wildman–Crippen MR) is 60.5 cm³/mol. The van der Waals surface area contributed by atoms with Gasteiger partial charge in [0.05, 0.1) is 20.6 Å². The fraction of sp³-hybridized carbons (Fsp3) is 0.222. The summed E-state index contributed by atoms with van der Waals surface area (Å²) in [7, 11) is -3.37. The van der Waals surface area contributed by atoms with Gasteiger partial charge in [-0.2, -0.15) is 0 Å². The molecule has 4 nitrogen and oxygen atoms in total. The highest BCUT2D eigenvalue weighted by molar-refractivity contribution is 7.89. The molecule has 2 rings (SSSR count). The van der Waals surface area contributed by atoms with Gasteiger partial charge in [-0.15, -0.1) is 11.3 Å². The molecule has 1 heterocycles. The van der Waals surface area contributed by atoms with Gasteiger partial charge in [0.1, 0.15) is 0 Å². The standard InChI is InChI=1S/C9H10N2O2S2/c1-2-11-15(12,13)7-3-4-9-8(5-7)10-6-14-9/h3-6,11H,2H2,1H3. The van der Waals surface area contributed by atoms with Gasteiger partial charge >= 0.3 is 0 Å². The van der Waals surface area contributed by atoms with Crippen LogP contribution in [0.25, 0.3) is 10.2 Å². The average Bonchev–Trinajstić information content (AvgIpc) is 2.63. The number of hydrogen-bond donors (Lipinski definition) is 1. The van der Waals surface area contributed by atoms with Crippen molar-refractivity contribution >= 4 is 31.6 Å². The second-order valence-corrected chi connectivity index (χ2v) is 5.64. The van der Waals surface area contributed by atoms with E-state index in [2.05, 4.69) is 9.71 Å². The Labute approximate surface area is 92.0 Å². The van der Waals surface area contributed by atoms with Crippen LogP contribution in [-0.4, -0.2) is 19.9 Å². The number of aromatic nitrogens is 1. The van der Waals surface area contributed by atoms with Gasteiger partial charge in [0.2, 0.25) is 10.0 Å². The molecule has 2 aromatic rings. The molecule has 0 spiro atoms. The SMILES string of the molecule is CCNS(=O)(=O)c1ccc2scnc2c1. The summed E-state index contributed by atoms with van der Waals surface area (Å²) in [5.74, 6) is 0. The fourth-order valence-electron chi connectivity index (χ4n) is 1.28. The zero-order valence-electron chi connectivity index (χ0n) is 8.10. The van der Waals surface area contributed by atoms with E-state index in [1.807, 2.05) is 0 Å². The summed E-state index contributed by atoms with van der Waals surface area (Å²) in [6.45, 7) is 2.14. The van der Waals surface area contributed by atoms with Crippen molar-refractivity contribution in [3.05, 3.63) is 23.7 Å². The van der Waals surface area contributed by atoms with E-state index in [1.165, 1.54) is 11.3 Å². The maximum absolute atomic E-state index is 11.7. The van der Waals surface area contributed by atoms with Crippen molar-refractivity contribution in [3.63, 3.8) is 0 Å². The van der Waals surface area contributed by atoms with Crippen LogP contribution in [0.3, 0.4) is 0 Å². The molecule has 15 heavy (non-hydrogen) atoms. The van der Waals surface area contributed by atoms with Crippen molar-refractivity contribution in [3.8, 4) is 0 Å². The largest absolute Gasteiger partial charge is 0.245 e. The van der Waals surface area contributed by atoms with Crippen molar-refractivity contribution in [2.75, 3.05) is 6.54 Å². The van der Waals surface area contributed by atoms with Crippen LogP contribution in [0.1, 0.15) is 6.92 Å². The molecular formula is C9H10N2O2S2. The van der Waals surface area contributed by atoms with Crippen molar-refractivity contribution < 1.29 is 8.42 Å². The minimum Gasteiger partial charge on any atom is -0.245 e. The maximum atomic E-state index is 11.7. The first kappa shape index (κ1) is 10.5. The zero-order valence-corrected chi connectivity index (χ0v) is 9.73. The van der Waals surface area contributed by atoms with E-state index in [1.54, 1.807) is 30.6 Å². The molecule has 0 atom stereocenters. The van der Waals surface area contributed by atoms with Crippen LogP contribution in [0.2, 0.25) is 0 Å². The molecule has 6 heteroatoms. The average molecular weight is 242 g/mol. The van der Waals surface area contributed by atoms with Gasteiger partial charge in [0.15, 0.2) is 0 Å². The molecule has 0 aliphatic heterocycles. The van der Waals surface area contributed by atoms with Crippen LogP contribution in [0.15, 0.2) is 28.6 Å². The second-order valence-electron chi connectivity index (χ2n) is 2.98. The summed E-state index contributed by atoms with van der Waals surface area (Å²) in [4.78, 5) is 4.35. The normalized spacial score (nSPS) is 12.1. The molecule has 1 N–H and O–H groups in total. The Hall–Kier alpha value is -0.980. The minimum atomic E-state index is -3.37. The first-order valence-corrected chi connectivity index (χ1v) is 6.82. The van der Waals surface area contributed by atoms with Gasteiger partial charge in [-0.1, -0.05) is 6.92 Å². The van der Waals surface area contributed by atoms with E-state index in [9.17, 15) is 8.42 Å². The lowest BCUT2D eigenvalue weighted by atomic mass is 10.3. The van der Waals surface area contributed by atoms with Crippen molar-refractivity contribution in [1.29, 1.82) is 0 Å². The zero-order chi connectivity index (χ0) is 10.9. The monoisotopic (exact) mass is 242 g/mol. The van der Waals surface area contributed by atoms with E-state index >= 15 is 0 Å². The van der Waals surface area contributed by atoms with Crippen LogP contribution < -0.4 is 4.72 Å². The van der Waals surface area contributed by atoms with Crippen LogP contribution >= 0.6 is 11.3 Å². The number of nitrogens with one attached hydrogen (secondary N) is 1. The summed E-state index contributed by atoms with van der Waals surface area (Å²) in [6, 6.07) is 4.96. The molecule has 0 amide bonds. The molecule has 0 fully saturated rings. The van der Waals surface area contributed by atoms with Crippen molar-refractivity contribution in [2.24, 2.45) is 0 Å². The third-order valence-electron chi connectivity index (χ3n) is 1.95. The molecule has 0 saturated carbocycles. The van der Waals surface area contributed by atoms with Gasteiger partial charge in [-0.05, 0) is 18.2 Å². The number of fused-ring (bicyclic) bond motifs is 1. The fourth-order valence-corrected chi connectivity index (χ4v) is 3.00. The maximum Gasteiger partial charge on any atom is 0.240 e. The smallest absolute Gasteiger partial charge is 0.240 e. The first-order chi connectivity index (χ1) is 7.13. The van der Waals surface area contributed by atoms with Gasteiger partial charge in [-0.3, -0.25) is 0 Å². The Bertz CT molecular complexity index is 575. The Morgan fingerprint density at radius 3 is 3.00 bits per heavy atom. The quantitative estimate of drug-likeness (QED) is 0.889. The second kappa shape index (κ2) is 3.88. The third kappa shape index (κ3) is 2.01. The molecule has 1 aromatic heterocycles. The van der Waals surface area contributed by atoms with Gasteiger partial charge in [-0.25, -0.2) is 18.1 Å². The number of benzene rings is 1. The summed E-state index contributed by atoms with van der Waals surface area (Å²) in [5.41, 5.74) is 2.42. The lowest BCUT2D eigenvalue weighted by molar-refractivity contribution is 0.584. The minimum absolute atomic E-state index is 0.266. The molecule has 0 bridgehead atoms. The summed E-state index contributed by atoms with van der Waals surface area (Å²) in [6.07, 6.45) is 0. The van der Waals surface area contributed by atoms with Gasteiger partial charge < -0.3 is 0 Å². The lowest BCUT2D eigenvalue weighted by Crippen LogP contribution is -2.22. The van der Waals surface area contributed by atoms with Gasteiger partial charge in [0.25, 0.3) is 0 Å². The van der Waals surface area contributed by atoms with Crippen molar-refractivity contribution in [2.45, 2.75) is 11.8 Å². The number of sulfonamides is 1. The number of hydrogen-bond acceptors (Lipinski definition) is 4. The highest BCUT2D eigenvalue weighted by Gasteiger charge is 2.13. The Morgan fingerprint density at radius 2 is 2.27 bits per heavy atom. The van der Waals surface area contributed by atoms with E-state index in [4.69, 9.17) is 0 Å². The molecule has 0 saturated heterocycles. The molecule has 80 valence electrons. The number of rotatable bonds is 3. The number of thiazole rings is 1. The van der Waals surface area contributed by atoms with E-state index in [-0.39, 0.29) is 4.90 Å². The lowest BCUT2D eigenvalue weighted by Gasteiger charge is -2.03. The van der Waals surface area contributed by atoms with E-state index < -0.39 is 10.0 Å². The van der Waals surface area contributed by atoms with Gasteiger partial charge in [0, 0.05) is 6.54 Å². The molecule has 0 aliphatic rings. The predicted octanol–water partition coefficient (Wildman–Crippen LogP) is 1.59. The molecule has 1 aromatic carbocycles. The highest BCUT2D eigenvalue weighted by atomic mass is 32.2. The van der Waals surface area contributed by atoms with E-state index in [0.717, 1.165) is 10.2 Å². The van der Waals surface area contributed by atoms with Crippen LogP contribution in [0.4, 0.5) is 0 Å². The topological polar surface area (TPSA) is 59.1 Å². The summed E-state index contributed by atoms with van der Waals surface area (Å²) in [5, 5.41) is 0. The van der Waals surface area contributed by atoms with Crippen LogP contribution in [-0.2, 0) is 10.0 Å². The molecule has 0 radical (unpaired) electrons. The van der Waals surface area contributed by atoms with Crippen LogP contribution in [0.5, 0.6) is 0 Å². The third-order valence-corrected chi connectivity index (χ3v) is 4.30. The van der Waals surface area contributed by atoms with Crippen LogP contribution in [0, 0.1) is 0 Å². The van der Waals surface area contributed by atoms with Crippen molar-refractivity contribution in [1.82, 2.24) is 9.71 Å². The Morgan fingerprint density at radius 1 is 1.47 bits per heavy atom. The molecule has 0 aliphatic carbocycles. The summed E-state index contributed by atoms with van der Waals surface area (Å²) >= 11 is 1.49. The molecular weight excluding hydrogens is 232 g/mol. The van der Waals surface area contributed by atoms with E-state index in [0.29, 0.717) is 6.54 Å². The number of nitrogens with zero attached hydrogens (tertiary/aromatic N) is 1. The Balaban J connectivity index is 2.52.